The Morgan fingerprint density at radius 2 is 1.84 bits per heavy atom. The van der Waals surface area contributed by atoms with Gasteiger partial charge in [-0.1, -0.05) is 6.07 Å². The van der Waals surface area contributed by atoms with E-state index in [0.717, 1.165) is 10.5 Å². The number of aromatic nitrogens is 2. The standard InChI is InChI=1S/C21H19N3O6S/c25-18(26)8-7-17(21(29)30)24-19(27)13-2-4-14(5-3-13)31-10-12-1-6-16-15(9-12)20(28)23-11-22-16/h1-6,9,11,17H,7-8,10H2,(H,24,27)(H,25,26)(H,29,30)(H,22,23,28). The number of hydrogen-bond acceptors (Lipinski definition) is 6. The number of H-pyrrole nitrogens is 1. The summed E-state index contributed by atoms with van der Waals surface area (Å²) in [6.45, 7) is 0. The van der Waals surface area contributed by atoms with Crippen molar-refractivity contribution in [1.82, 2.24) is 15.3 Å². The lowest BCUT2D eigenvalue weighted by Gasteiger charge is -2.13. The minimum absolute atomic E-state index is 0.199. The monoisotopic (exact) mass is 441 g/mol. The van der Waals surface area contributed by atoms with Crippen LogP contribution in [0, 0.1) is 0 Å². The van der Waals surface area contributed by atoms with E-state index in [0.29, 0.717) is 16.7 Å². The van der Waals surface area contributed by atoms with Crippen molar-refractivity contribution in [2.24, 2.45) is 0 Å². The van der Waals surface area contributed by atoms with E-state index >= 15 is 0 Å². The summed E-state index contributed by atoms with van der Waals surface area (Å²) in [5, 5.41) is 20.7. The van der Waals surface area contributed by atoms with Gasteiger partial charge in [0.05, 0.1) is 17.2 Å². The molecule has 0 aliphatic rings. The zero-order valence-corrected chi connectivity index (χ0v) is 17.0. The van der Waals surface area contributed by atoms with Crippen molar-refractivity contribution in [2.75, 3.05) is 0 Å². The molecule has 10 heteroatoms. The van der Waals surface area contributed by atoms with Gasteiger partial charge in [-0.05, 0) is 48.4 Å². The maximum Gasteiger partial charge on any atom is 0.326 e. The van der Waals surface area contributed by atoms with E-state index in [9.17, 15) is 19.2 Å². The van der Waals surface area contributed by atoms with E-state index in [4.69, 9.17) is 10.2 Å². The van der Waals surface area contributed by atoms with Crippen LogP contribution >= 0.6 is 11.8 Å². The largest absolute Gasteiger partial charge is 0.481 e. The first-order chi connectivity index (χ1) is 14.8. The van der Waals surface area contributed by atoms with Crippen molar-refractivity contribution in [2.45, 2.75) is 29.5 Å². The topological polar surface area (TPSA) is 149 Å². The lowest BCUT2D eigenvalue weighted by Crippen LogP contribution is -2.41. The van der Waals surface area contributed by atoms with Gasteiger partial charge in [0.2, 0.25) is 0 Å². The van der Waals surface area contributed by atoms with Gasteiger partial charge < -0.3 is 20.5 Å². The third-order valence-electron chi connectivity index (χ3n) is 4.48. The van der Waals surface area contributed by atoms with Gasteiger partial charge >= 0.3 is 11.9 Å². The Balaban J connectivity index is 1.61. The SMILES string of the molecule is O=C(O)CCC(NC(=O)c1ccc(SCc2ccc3nc[nH]c(=O)c3c2)cc1)C(=O)O. The predicted octanol–water partition coefficient (Wildman–Crippen LogP) is 2.26. The molecule has 0 bridgehead atoms. The molecule has 0 aliphatic carbocycles. The number of carbonyl (C=O) groups is 3. The molecule has 1 heterocycles. The maximum absolute atomic E-state index is 12.3. The average molecular weight is 441 g/mol. The highest BCUT2D eigenvalue weighted by molar-refractivity contribution is 7.98. The van der Waals surface area contributed by atoms with Gasteiger partial charge in [0.15, 0.2) is 0 Å². The number of thioether (sulfide) groups is 1. The molecule has 0 aliphatic heterocycles. The van der Waals surface area contributed by atoms with Crippen molar-refractivity contribution in [1.29, 1.82) is 0 Å². The molecular formula is C21H19N3O6S. The van der Waals surface area contributed by atoms with Crippen LogP contribution in [0.3, 0.4) is 0 Å². The fraction of sp³-hybridized carbons (Fsp3) is 0.190. The number of aromatic amines is 1. The first-order valence-corrected chi connectivity index (χ1v) is 10.3. The molecular weight excluding hydrogens is 422 g/mol. The number of rotatable bonds is 9. The summed E-state index contributed by atoms with van der Waals surface area (Å²) in [4.78, 5) is 53.6. The summed E-state index contributed by atoms with van der Waals surface area (Å²) < 4.78 is 0. The molecule has 0 saturated heterocycles. The normalized spacial score (nSPS) is 11.7. The van der Waals surface area contributed by atoms with Crippen LogP contribution < -0.4 is 10.9 Å². The lowest BCUT2D eigenvalue weighted by molar-refractivity contribution is -0.140. The van der Waals surface area contributed by atoms with Gasteiger partial charge in [0.1, 0.15) is 6.04 Å². The van der Waals surface area contributed by atoms with Crippen LogP contribution in [0.15, 0.2) is 58.5 Å². The highest BCUT2D eigenvalue weighted by atomic mass is 32.2. The van der Waals surface area contributed by atoms with Crippen LogP contribution in [0.5, 0.6) is 0 Å². The van der Waals surface area contributed by atoms with Crippen LogP contribution in [0.25, 0.3) is 10.9 Å². The molecule has 1 aromatic heterocycles. The van der Waals surface area contributed by atoms with E-state index in [-0.39, 0.29) is 24.0 Å². The van der Waals surface area contributed by atoms with E-state index in [1.165, 1.54) is 18.1 Å². The van der Waals surface area contributed by atoms with E-state index in [1.54, 1.807) is 36.4 Å². The Bertz CT molecular complexity index is 1180. The van der Waals surface area contributed by atoms with Crippen molar-refractivity contribution in [3.8, 4) is 0 Å². The molecule has 2 aromatic carbocycles. The number of carboxylic acids is 2. The quantitative estimate of drug-likeness (QED) is 0.369. The van der Waals surface area contributed by atoms with Gasteiger partial charge in [0.25, 0.3) is 11.5 Å². The van der Waals surface area contributed by atoms with Gasteiger partial charge in [-0.15, -0.1) is 11.8 Å². The fourth-order valence-corrected chi connectivity index (χ4v) is 3.68. The predicted molar refractivity (Wildman–Crippen MR) is 114 cm³/mol. The third-order valence-corrected chi connectivity index (χ3v) is 5.56. The second kappa shape index (κ2) is 9.90. The molecule has 0 radical (unpaired) electrons. The number of benzene rings is 2. The third kappa shape index (κ3) is 5.92. The summed E-state index contributed by atoms with van der Waals surface area (Å²) in [6.07, 6.45) is 0.805. The van der Waals surface area contributed by atoms with Crippen molar-refractivity contribution >= 4 is 40.5 Å². The van der Waals surface area contributed by atoms with Crippen molar-refractivity contribution < 1.29 is 24.6 Å². The zero-order valence-electron chi connectivity index (χ0n) is 16.2. The number of nitrogens with one attached hydrogen (secondary N) is 2. The summed E-state index contributed by atoms with van der Waals surface area (Å²) in [5.74, 6) is -2.40. The second-order valence-electron chi connectivity index (χ2n) is 6.69. The first kappa shape index (κ1) is 22.0. The summed E-state index contributed by atoms with van der Waals surface area (Å²) >= 11 is 1.51. The molecule has 9 nitrogen and oxygen atoms in total. The molecule has 3 rings (SSSR count). The summed E-state index contributed by atoms with van der Waals surface area (Å²) in [5.41, 5.74) is 1.64. The second-order valence-corrected chi connectivity index (χ2v) is 7.74. The molecule has 0 saturated carbocycles. The van der Waals surface area contributed by atoms with E-state index in [1.807, 2.05) is 6.07 Å². The fourth-order valence-electron chi connectivity index (χ4n) is 2.84. The van der Waals surface area contributed by atoms with E-state index < -0.39 is 23.9 Å². The number of carboxylic acid groups (broad SMARTS) is 2. The lowest BCUT2D eigenvalue weighted by atomic mass is 10.1. The van der Waals surface area contributed by atoms with Gasteiger partial charge in [-0.25, -0.2) is 9.78 Å². The Morgan fingerprint density at radius 1 is 1.10 bits per heavy atom. The van der Waals surface area contributed by atoms with Crippen molar-refractivity contribution in [3.05, 3.63) is 70.3 Å². The number of aliphatic carboxylic acids is 2. The molecule has 160 valence electrons. The van der Waals surface area contributed by atoms with Crippen LogP contribution in [0.4, 0.5) is 0 Å². The number of hydrogen-bond donors (Lipinski definition) is 4. The number of amides is 1. The number of fused-ring (bicyclic) bond motifs is 1. The Hall–Kier alpha value is -3.66. The molecule has 1 atom stereocenters. The Morgan fingerprint density at radius 3 is 2.52 bits per heavy atom. The number of nitrogens with zero attached hydrogens (tertiary/aromatic N) is 1. The maximum atomic E-state index is 12.3. The Labute approximate surface area is 180 Å². The molecule has 0 fully saturated rings. The molecule has 0 spiro atoms. The minimum Gasteiger partial charge on any atom is -0.481 e. The highest BCUT2D eigenvalue weighted by Gasteiger charge is 2.21. The van der Waals surface area contributed by atoms with Crippen molar-refractivity contribution in [3.63, 3.8) is 0 Å². The van der Waals surface area contributed by atoms with Gasteiger partial charge in [-0.2, -0.15) is 0 Å². The van der Waals surface area contributed by atoms with Gasteiger partial charge in [-0.3, -0.25) is 14.4 Å². The smallest absolute Gasteiger partial charge is 0.326 e. The van der Waals surface area contributed by atoms with Crippen LogP contribution in [0.2, 0.25) is 0 Å². The minimum atomic E-state index is -1.29. The van der Waals surface area contributed by atoms with Crippen LogP contribution in [0.1, 0.15) is 28.8 Å². The summed E-state index contributed by atoms with van der Waals surface area (Å²) in [6, 6.07) is 10.8. The van der Waals surface area contributed by atoms with Crippen LogP contribution in [-0.4, -0.2) is 44.1 Å². The van der Waals surface area contributed by atoms with Gasteiger partial charge in [0, 0.05) is 22.6 Å². The molecule has 1 amide bonds. The molecule has 4 N–H and O–H groups in total. The highest BCUT2D eigenvalue weighted by Crippen LogP contribution is 2.24. The summed E-state index contributed by atoms with van der Waals surface area (Å²) in [7, 11) is 0. The Kier molecular flexibility index (Phi) is 7.03. The molecule has 3 aromatic rings. The number of carbonyl (C=O) groups excluding carboxylic acids is 1. The average Bonchev–Trinajstić information content (AvgIpc) is 2.75. The van der Waals surface area contributed by atoms with Crippen LogP contribution in [-0.2, 0) is 15.3 Å². The zero-order chi connectivity index (χ0) is 22.4. The van der Waals surface area contributed by atoms with E-state index in [2.05, 4.69) is 15.3 Å². The first-order valence-electron chi connectivity index (χ1n) is 9.28. The molecule has 31 heavy (non-hydrogen) atoms. The molecule has 1 unspecified atom stereocenters.